The van der Waals surface area contributed by atoms with Gasteiger partial charge in [0.2, 0.25) is 5.88 Å². The van der Waals surface area contributed by atoms with Crippen LogP contribution in [0, 0.1) is 6.92 Å². The van der Waals surface area contributed by atoms with Crippen LogP contribution >= 0.6 is 11.3 Å². The van der Waals surface area contributed by atoms with Gasteiger partial charge in [-0.15, -0.1) is 11.3 Å². The first kappa shape index (κ1) is 11.6. The highest BCUT2D eigenvalue weighted by Crippen LogP contribution is 2.25. The average Bonchev–Trinajstić information content (AvgIpc) is 2.74. The van der Waals surface area contributed by atoms with Gasteiger partial charge in [0, 0.05) is 4.88 Å². The number of nitrogen functional groups attached to an aromatic ring is 1. The monoisotopic (exact) mass is 251 g/mol. The van der Waals surface area contributed by atoms with Gasteiger partial charge < -0.3 is 15.8 Å². The minimum Gasteiger partial charge on any atom is -0.479 e. The summed E-state index contributed by atoms with van der Waals surface area (Å²) in [7, 11) is 1.52. The molecular weight excluding hydrogens is 238 g/mol. The van der Waals surface area contributed by atoms with Gasteiger partial charge in [0.05, 0.1) is 24.9 Å². The van der Waals surface area contributed by atoms with E-state index in [0.29, 0.717) is 23.9 Å². The molecule has 0 aliphatic carbocycles. The third-order valence-corrected chi connectivity index (χ3v) is 3.24. The van der Waals surface area contributed by atoms with E-state index in [2.05, 4.69) is 20.3 Å². The van der Waals surface area contributed by atoms with Gasteiger partial charge in [-0.05, 0) is 6.92 Å². The Kier molecular flexibility index (Phi) is 3.38. The number of methoxy groups -OCH3 is 1. The minimum atomic E-state index is 0.378. The molecule has 0 atom stereocenters. The summed E-state index contributed by atoms with van der Waals surface area (Å²) in [6.45, 7) is 2.61. The lowest BCUT2D eigenvalue weighted by molar-refractivity contribution is 0.399. The summed E-state index contributed by atoms with van der Waals surface area (Å²) in [6, 6.07) is 0. The van der Waals surface area contributed by atoms with E-state index in [1.165, 1.54) is 13.4 Å². The van der Waals surface area contributed by atoms with Crippen LogP contribution in [0.3, 0.4) is 0 Å². The second-order valence-electron chi connectivity index (χ2n) is 3.36. The van der Waals surface area contributed by atoms with Crippen LogP contribution in [0.4, 0.5) is 11.5 Å². The number of nitrogens with one attached hydrogen (secondary N) is 1. The van der Waals surface area contributed by atoms with Gasteiger partial charge in [-0.2, -0.15) is 4.98 Å². The van der Waals surface area contributed by atoms with Crippen LogP contribution in [0.5, 0.6) is 5.88 Å². The molecule has 3 N–H and O–H groups in total. The standard InChI is InChI=1S/C10H13N5OS/c1-6-7(17-5-15-6)3-12-9-8(11)10(16-2)14-4-13-9/h4-5H,3,11H2,1-2H3,(H,12,13,14). The first-order valence-electron chi connectivity index (χ1n) is 4.99. The topological polar surface area (TPSA) is 86.0 Å². The maximum absolute atomic E-state index is 5.85. The molecule has 0 unspecified atom stereocenters. The zero-order valence-corrected chi connectivity index (χ0v) is 10.4. The van der Waals surface area contributed by atoms with E-state index < -0.39 is 0 Å². The molecule has 90 valence electrons. The number of aromatic nitrogens is 3. The molecule has 0 aromatic carbocycles. The van der Waals surface area contributed by atoms with Crippen molar-refractivity contribution >= 4 is 22.8 Å². The van der Waals surface area contributed by atoms with E-state index in [4.69, 9.17) is 10.5 Å². The fraction of sp³-hybridized carbons (Fsp3) is 0.300. The van der Waals surface area contributed by atoms with E-state index in [1.807, 2.05) is 12.4 Å². The number of aryl methyl sites for hydroxylation is 1. The summed E-state index contributed by atoms with van der Waals surface area (Å²) in [4.78, 5) is 13.3. The van der Waals surface area contributed by atoms with Crippen LogP contribution in [0.15, 0.2) is 11.8 Å². The third kappa shape index (κ3) is 2.44. The van der Waals surface area contributed by atoms with Crippen molar-refractivity contribution in [3.8, 4) is 5.88 Å². The third-order valence-electron chi connectivity index (χ3n) is 2.30. The fourth-order valence-electron chi connectivity index (χ4n) is 1.34. The number of rotatable bonds is 4. The molecule has 6 nitrogen and oxygen atoms in total. The summed E-state index contributed by atoms with van der Waals surface area (Å²) in [5, 5.41) is 3.15. The van der Waals surface area contributed by atoms with E-state index in [-0.39, 0.29) is 0 Å². The lowest BCUT2D eigenvalue weighted by Crippen LogP contribution is -2.06. The zero-order chi connectivity index (χ0) is 12.3. The summed E-state index contributed by atoms with van der Waals surface area (Å²) < 4.78 is 5.02. The first-order valence-corrected chi connectivity index (χ1v) is 5.87. The van der Waals surface area contributed by atoms with Crippen molar-refractivity contribution < 1.29 is 4.74 Å². The molecule has 2 aromatic rings. The Morgan fingerprint density at radius 2 is 2.24 bits per heavy atom. The van der Waals surface area contributed by atoms with Crippen LogP contribution in [-0.4, -0.2) is 22.1 Å². The van der Waals surface area contributed by atoms with Gasteiger partial charge in [0.1, 0.15) is 12.0 Å². The largest absolute Gasteiger partial charge is 0.479 e. The Labute approximate surface area is 103 Å². The van der Waals surface area contributed by atoms with E-state index in [9.17, 15) is 0 Å². The molecular formula is C10H13N5OS. The number of nitrogens with two attached hydrogens (primary N) is 1. The molecule has 0 aliphatic heterocycles. The van der Waals surface area contributed by atoms with Crippen LogP contribution in [0.1, 0.15) is 10.6 Å². The number of thiazole rings is 1. The van der Waals surface area contributed by atoms with Gasteiger partial charge in [-0.3, -0.25) is 0 Å². The Morgan fingerprint density at radius 1 is 1.41 bits per heavy atom. The first-order chi connectivity index (χ1) is 8.22. The van der Waals surface area contributed by atoms with Crippen molar-refractivity contribution in [2.75, 3.05) is 18.2 Å². The molecule has 0 amide bonds. The molecule has 2 heterocycles. The molecule has 0 fully saturated rings. The van der Waals surface area contributed by atoms with E-state index in [0.717, 1.165) is 10.6 Å². The maximum Gasteiger partial charge on any atom is 0.242 e. The zero-order valence-electron chi connectivity index (χ0n) is 9.60. The SMILES string of the molecule is COc1ncnc(NCc2scnc2C)c1N. The van der Waals surface area contributed by atoms with Gasteiger partial charge in [0.15, 0.2) is 5.82 Å². The molecule has 0 bridgehead atoms. The van der Waals surface area contributed by atoms with Crippen molar-refractivity contribution in [3.63, 3.8) is 0 Å². The highest BCUT2D eigenvalue weighted by molar-refractivity contribution is 7.09. The van der Waals surface area contributed by atoms with Gasteiger partial charge in [-0.25, -0.2) is 9.97 Å². The van der Waals surface area contributed by atoms with Crippen molar-refractivity contribution in [1.82, 2.24) is 15.0 Å². The maximum atomic E-state index is 5.85. The van der Waals surface area contributed by atoms with Crippen LogP contribution in [-0.2, 0) is 6.54 Å². The van der Waals surface area contributed by atoms with Gasteiger partial charge in [0.25, 0.3) is 0 Å². The summed E-state index contributed by atoms with van der Waals surface area (Å²) in [5.41, 5.74) is 9.09. The number of hydrogen-bond acceptors (Lipinski definition) is 7. The molecule has 0 radical (unpaired) electrons. The summed E-state index contributed by atoms with van der Waals surface area (Å²) in [5.74, 6) is 0.952. The summed E-state index contributed by atoms with van der Waals surface area (Å²) >= 11 is 1.60. The average molecular weight is 251 g/mol. The van der Waals surface area contributed by atoms with Crippen molar-refractivity contribution in [2.24, 2.45) is 0 Å². The highest BCUT2D eigenvalue weighted by atomic mass is 32.1. The summed E-state index contributed by atoms with van der Waals surface area (Å²) in [6.07, 6.45) is 1.41. The predicted molar refractivity (Wildman–Crippen MR) is 67.2 cm³/mol. The second kappa shape index (κ2) is 4.96. The van der Waals surface area contributed by atoms with Gasteiger partial charge >= 0.3 is 0 Å². The quantitative estimate of drug-likeness (QED) is 0.855. The molecule has 0 saturated heterocycles. The minimum absolute atomic E-state index is 0.378. The van der Waals surface area contributed by atoms with Crippen LogP contribution in [0.25, 0.3) is 0 Å². The van der Waals surface area contributed by atoms with E-state index >= 15 is 0 Å². The molecule has 0 spiro atoms. The van der Waals surface area contributed by atoms with Crippen LogP contribution in [0.2, 0.25) is 0 Å². The lowest BCUT2D eigenvalue weighted by Gasteiger charge is -2.09. The number of hydrogen-bond donors (Lipinski definition) is 2. The fourth-order valence-corrected chi connectivity index (χ4v) is 2.06. The van der Waals surface area contributed by atoms with Crippen molar-refractivity contribution in [2.45, 2.75) is 13.5 Å². The molecule has 0 saturated carbocycles. The molecule has 2 rings (SSSR count). The van der Waals surface area contributed by atoms with Crippen LogP contribution < -0.4 is 15.8 Å². The number of anilines is 2. The predicted octanol–water partition coefficient (Wildman–Crippen LogP) is 1.44. The normalized spacial score (nSPS) is 10.2. The van der Waals surface area contributed by atoms with Crippen molar-refractivity contribution in [1.29, 1.82) is 0 Å². The van der Waals surface area contributed by atoms with E-state index in [1.54, 1.807) is 11.3 Å². The lowest BCUT2D eigenvalue weighted by atomic mass is 10.4. The Balaban J connectivity index is 2.12. The molecule has 17 heavy (non-hydrogen) atoms. The van der Waals surface area contributed by atoms with Gasteiger partial charge in [-0.1, -0.05) is 0 Å². The number of ether oxygens (including phenoxy) is 1. The van der Waals surface area contributed by atoms with Crippen molar-refractivity contribution in [3.05, 3.63) is 22.4 Å². The molecule has 2 aromatic heterocycles. The second-order valence-corrected chi connectivity index (χ2v) is 4.30. The number of nitrogens with zero attached hydrogens (tertiary/aromatic N) is 3. The Hall–Kier alpha value is -1.89. The molecule has 0 aliphatic rings. The Morgan fingerprint density at radius 3 is 2.88 bits per heavy atom. The highest BCUT2D eigenvalue weighted by Gasteiger charge is 2.08. The molecule has 7 heteroatoms. The Bertz CT molecular complexity index is 513. The smallest absolute Gasteiger partial charge is 0.242 e.